The fourth-order valence-electron chi connectivity index (χ4n) is 5.55. The summed E-state index contributed by atoms with van der Waals surface area (Å²) in [5, 5.41) is 0.248. The van der Waals surface area contributed by atoms with Gasteiger partial charge in [0.15, 0.2) is 0 Å². The average molecular weight is 466 g/mol. The highest BCUT2D eigenvalue weighted by Crippen LogP contribution is 2.60. The SMILES string of the molecule is C1=CC2CC2(c2ccccc2S[C@@H](c2ccccc2)[C@@H]2CN(Cc3ccccc3)CCO2)C=C1. The number of thioether (sulfide) groups is 1. The molecule has 2 fully saturated rings. The largest absolute Gasteiger partial charge is 0.374 e. The predicted molar refractivity (Wildman–Crippen MR) is 141 cm³/mol. The number of fused-ring (bicyclic) bond motifs is 1. The van der Waals surface area contributed by atoms with Crippen molar-refractivity contribution in [2.24, 2.45) is 5.92 Å². The van der Waals surface area contributed by atoms with Crippen molar-refractivity contribution in [3.63, 3.8) is 0 Å². The van der Waals surface area contributed by atoms with E-state index in [1.54, 1.807) is 0 Å². The first kappa shape index (κ1) is 21.9. The van der Waals surface area contributed by atoms with E-state index in [-0.39, 0.29) is 16.8 Å². The molecule has 3 aromatic rings. The summed E-state index contributed by atoms with van der Waals surface area (Å²) in [6.07, 6.45) is 10.6. The van der Waals surface area contributed by atoms with Crippen LogP contribution in [0.1, 0.15) is 28.4 Å². The van der Waals surface area contributed by atoms with Crippen molar-refractivity contribution in [2.45, 2.75) is 34.6 Å². The van der Waals surface area contributed by atoms with Crippen molar-refractivity contribution >= 4 is 11.8 Å². The quantitative estimate of drug-likeness (QED) is 0.356. The van der Waals surface area contributed by atoms with Gasteiger partial charge in [-0.2, -0.15) is 0 Å². The molecule has 3 aromatic carbocycles. The molecule has 1 heterocycles. The molecule has 6 rings (SSSR count). The van der Waals surface area contributed by atoms with Crippen molar-refractivity contribution < 1.29 is 4.74 Å². The highest BCUT2D eigenvalue weighted by atomic mass is 32.2. The van der Waals surface area contributed by atoms with Gasteiger partial charge in [0.05, 0.1) is 18.0 Å². The maximum absolute atomic E-state index is 6.47. The summed E-state index contributed by atoms with van der Waals surface area (Å²) in [5.41, 5.74) is 4.38. The minimum Gasteiger partial charge on any atom is -0.374 e. The Balaban J connectivity index is 1.28. The Morgan fingerprint density at radius 2 is 1.68 bits per heavy atom. The van der Waals surface area contributed by atoms with Gasteiger partial charge in [0.2, 0.25) is 0 Å². The van der Waals surface area contributed by atoms with Crippen LogP contribution in [0.15, 0.2) is 114 Å². The lowest BCUT2D eigenvalue weighted by atomic mass is 9.90. The van der Waals surface area contributed by atoms with Crippen LogP contribution in [0.2, 0.25) is 0 Å². The molecule has 34 heavy (non-hydrogen) atoms. The number of ether oxygens (including phenoxy) is 1. The molecule has 0 amide bonds. The molecule has 2 unspecified atom stereocenters. The standard InChI is InChI=1S/C31H31NOS/c1-3-11-24(12-4-1)22-32-19-20-33-28(23-32)30(25-13-5-2-6-14-25)34-29-17-8-7-16-27(29)31-18-10-9-15-26(31)21-31/h1-18,26,28,30H,19-23H2/t26?,28-,30-,31?/m0/s1. The van der Waals surface area contributed by atoms with Gasteiger partial charge in [-0.05, 0) is 35.1 Å². The third-order valence-corrected chi connectivity index (χ3v) is 8.88. The molecule has 172 valence electrons. The molecule has 2 aliphatic carbocycles. The van der Waals surface area contributed by atoms with Gasteiger partial charge in [-0.3, -0.25) is 4.90 Å². The van der Waals surface area contributed by atoms with Crippen molar-refractivity contribution in [1.29, 1.82) is 0 Å². The van der Waals surface area contributed by atoms with E-state index in [9.17, 15) is 0 Å². The summed E-state index contributed by atoms with van der Waals surface area (Å²) in [5.74, 6) is 0.640. The summed E-state index contributed by atoms with van der Waals surface area (Å²) in [4.78, 5) is 3.94. The van der Waals surface area contributed by atoms with Crippen molar-refractivity contribution in [3.05, 3.63) is 126 Å². The van der Waals surface area contributed by atoms with Crippen LogP contribution in [0.25, 0.3) is 0 Å². The number of hydrogen-bond acceptors (Lipinski definition) is 3. The van der Waals surface area contributed by atoms with Gasteiger partial charge in [-0.25, -0.2) is 0 Å². The highest BCUT2D eigenvalue weighted by molar-refractivity contribution is 7.99. The molecule has 0 N–H and O–H groups in total. The number of allylic oxidation sites excluding steroid dienone is 4. The first-order chi connectivity index (χ1) is 16.8. The van der Waals surface area contributed by atoms with E-state index >= 15 is 0 Å². The smallest absolute Gasteiger partial charge is 0.0865 e. The van der Waals surface area contributed by atoms with Gasteiger partial charge in [-0.1, -0.05) is 103 Å². The van der Waals surface area contributed by atoms with Gasteiger partial charge in [-0.15, -0.1) is 11.8 Å². The van der Waals surface area contributed by atoms with E-state index in [1.807, 2.05) is 11.8 Å². The normalized spacial score (nSPS) is 26.7. The Morgan fingerprint density at radius 1 is 0.912 bits per heavy atom. The maximum Gasteiger partial charge on any atom is 0.0865 e. The highest BCUT2D eigenvalue weighted by Gasteiger charge is 2.53. The molecule has 0 aromatic heterocycles. The van der Waals surface area contributed by atoms with E-state index < -0.39 is 0 Å². The zero-order valence-corrected chi connectivity index (χ0v) is 20.2. The second kappa shape index (κ2) is 9.58. The maximum atomic E-state index is 6.47. The Kier molecular flexibility index (Phi) is 6.17. The fraction of sp³-hybridized carbons (Fsp3) is 0.290. The monoisotopic (exact) mass is 465 g/mol. The van der Waals surface area contributed by atoms with Crippen LogP contribution in [0.5, 0.6) is 0 Å². The Bertz CT molecular complexity index is 1170. The predicted octanol–water partition coefficient (Wildman–Crippen LogP) is 6.80. The van der Waals surface area contributed by atoms with E-state index in [0.29, 0.717) is 5.92 Å². The van der Waals surface area contributed by atoms with E-state index in [1.165, 1.54) is 28.0 Å². The van der Waals surface area contributed by atoms with E-state index in [0.717, 1.165) is 26.2 Å². The second-order valence-electron chi connectivity index (χ2n) is 9.67. The Labute approximate surface area is 207 Å². The molecule has 3 heteroatoms. The van der Waals surface area contributed by atoms with Crippen molar-refractivity contribution in [3.8, 4) is 0 Å². The topological polar surface area (TPSA) is 12.5 Å². The van der Waals surface area contributed by atoms with Crippen molar-refractivity contribution in [1.82, 2.24) is 4.90 Å². The van der Waals surface area contributed by atoms with Crippen LogP contribution < -0.4 is 0 Å². The van der Waals surface area contributed by atoms with Crippen LogP contribution >= 0.6 is 11.8 Å². The lowest BCUT2D eigenvalue weighted by molar-refractivity contribution is -0.0319. The molecule has 4 atom stereocenters. The van der Waals surface area contributed by atoms with Gasteiger partial charge >= 0.3 is 0 Å². The summed E-state index contributed by atoms with van der Waals surface area (Å²) in [7, 11) is 0. The molecule has 1 saturated carbocycles. The molecule has 2 nitrogen and oxygen atoms in total. The lowest BCUT2D eigenvalue weighted by Gasteiger charge is -2.37. The number of hydrogen-bond donors (Lipinski definition) is 0. The van der Waals surface area contributed by atoms with E-state index in [2.05, 4.69) is 114 Å². The molecule has 3 aliphatic rings. The van der Waals surface area contributed by atoms with Crippen LogP contribution in [-0.2, 0) is 16.7 Å². The second-order valence-corrected chi connectivity index (χ2v) is 10.9. The first-order valence-corrected chi connectivity index (χ1v) is 13.2. The van der Waals surface area contributed by atoms with Crippen LogP contribution in [0.4, 0.5) is 0 Å². The molecule has 1 aliphatic heterocycles. The average Bonchev–Trinajstić information content (AvgIpc) is 3.65. The molecule has 0 bridgehead atoms. The number of benzene rings is 3. The zero-order chi connectivity index (χ0) is 22.8. The molecular formula is C31H31NOS. The minimum atomic E-state index is 0.146. The van der Waals surface area contributed by atoms with Crippen LogP contribution in [0.3, 0.4) is 0 Å². The molecule has 1 saturated heterocycles. The zero-order valence-electron chi connectivity index (χ0n) is 19.4. The van der Waals surface area contributed by atoms with Crippen LogP contribution in [-0.4, -0.2) is 30.7 Å². The Hall–Kier alpha value is -2.59. The van der Waals surface area contributed by atoms with E-state index in [4.69, 9.17) is 4.74 Å². The van der Waals surface area contributed by atoms with Crippen LogP contribution in [0, 0.1) is 5.92 Å². The summed E-state index contributed by atoms with van der Waals surface area (Å²) < 4.78 is 6.47. The number of rotatable bonds is 7. The molecule has 0 radical (unpaired) electrons. The molecular weight excluding hydrogens is 434 g/mol. The van der Waals surface area contributed by atoms with Crippen molar-refractivity contribution in [2.75, 3.05) is 19.7 Å². The first-order valence-electron chi connectivity index (χ1n) is 12.4. The lowest BCUT2D eigenvalue weighted by Crippen LogP contribution is -2.44. The van der Waals surface area contributed by atoms with Gasteiger partial charge < -0.3 is 4.74 Å². The third-order valence-electron chi connectivity index (χ3n) is 7.44. The summed E-state index contributed by atoms with van der Waals surface area (Å²) >= 11 is 1.99. The fourth-order valence-corrected chi connectivity index (χ4v) is 6.98. The van der Waals surface area contributed by atoms with Gasteiger partial charge in [0.1, 0.15) is 0 Å². The molecule has 0 spiro atoms. The Morgan fingerprint density at radius 3 is 2.50 bits per heavy atom. The number of nitrogens with zero attached hydrogens (tertiary/aromatic N) is 1. The van der Waals surface area contributed by atoms with Gasteiger partial charge in [0.25, 0.3) is 0 Å². The minimum absolute atomic E-state index is 0.146. The summed E-state index contributed by atoms with van der Waals surface area (Å²) in [6, 6.07) is 30.8. The van der Waals surface area contributed by atoms with Gasteiger partial charge in [0, 0.05) is 29.9 Å². The third kappa shape index (κ3) is 4.40. The number of morpholine rings is 1. The summed E-state index contributed by atoms with van der Waals surface area (Å²) in [6.45, 7) is 3.68.